The van der Waals surface area contributed by atoms with E-state index in [1.165, 1.54) is 22.8 Å². The van der Waals surface area contributed by atoms with E-state index >= 15 is 0 Å². The van der Waals surface area contributed by atoms with Crippen molar-refractivity contribution < 1.29 is 32.2 Å². The van der Waals surface area contributed by atoms with E-state index in [1.807, 2.05) is 0 Å². The minimum atomic E-state index is -4.46. The topological polar surface area (TPSA) is 77.8 Å². The molecule has 172 valence electrons. The van der Waals surface area contributed by atoms with E-state index < -0.39 is 23.3 Å². The molecule has 2 aromatic rings. The van der Waals surface area contributed by atoms with Gasteiger partial charge in [0.15, 0.2) is 0 Å². The van der Waals surface area contributed by atoms with Gasteiger partial charge in [0.25, 0.3) is 5.56 Å². The first-order valence-electron chi connectivity index (χ1n) is 9.81. The second-order valence-electron chi connectivity index (χ2n) is 6.85. The number of carbonyl (C=O) groups excluding carboxylic acids is 2. The summed E-state index contributed by atoms with van der Waals surface area (Å²) < 4.78 is 50.0. The van der Waals surface area contributed by atoms with E-state index in [1.54, 1.807) is 11.8 Å². The summed E-state index contributed by atoms with van der Waals surface area (Å²) in [6.45, 7) is 3.11. The molecule has 0 bridgehead atoms. The molecule has 0 saturated carbocycles. The number of morpholine rings is 1. The summed E-state index contributed by atoms with van der Waals surface area (Å²) in [6, 6.07) is 4.34. The maximum absolute atomic E-state index is 13.0. The quantitative estimate of drug-likeness (QED) is 0.609. The van der Waals surface area contributed by atoms with Gasteiger partial charge in [0.05, 0.1) is 36.0 Å². The standard InChI is InChI=1S/C21H21F3N2O5S/c1-2-31-19(28)12-18-26(13-17(27)25-7-9-30-10-8-25)20(29)16(32-18)11-14-3-5-15(6-4-14)21(22,23)24/h3-6,11-12H,2,7-10,13H2,1H3. The van der Waals surface area contributed by atoms with Crippen LogP contribution in [0.15, 0.2) is 29.1 Å². The van der Waals surface area contributed by atoms with E-state index in [0.717, 1.165) is 29.5 Å². The minimum Gasteiger partial charge on any atom is -0.463 e. The molecule has 7 nitrogen and oxygen atoms in total. The number of hydrogen-bond donors (Lipinski definition) is 0. The molecule has 1 aromatic carbocycles. The molecule has 0 aliphatic carbocycles. The van der Waals surface area contributed by atoms with Crippen molar-refractivity contribution in [2.24, 2.45) is 0 Å². The van der Waals surface area contributed by atoms with Crippen molar-refractivity contribution in [2.45, 2.75) is 19.6 Å². The average molecular weight is 470 g/mol. The largest absolute Gasteiger partial charge is 0.463 e. The third-order valence-corrected chi connectivity index (χ3v) is 5.72. The van der Waals surface area contributed by atoms with Gasteiger partial charge < -0.3 is 14.4 Å². The van der Waals surface area contributed by atoms with Gasteiger partial charge in [-0.3, -0.25) is 14.2 Å². The number of rotatable bonds is 5. The zero-order valence-corrected chi connectivity index (χ0v) is 18.0. The van der Waals surface area contributed by atoms with Crippen LogP contribution in [0.25, 0.3) is 12.2 Å². The smallest absolute Gasteiger partial charge is 0.416 e. The number of esters is 1. The molecule has 0 radical (unpaired) electrons. The number of hydrogen-bond acceptors (Lipinski definition) is 6. The summed E-state index contributed by atoms with van der Waals surface area (Å²) >= 11 is 0.954. The lowest BCUT2D eigenvalue weighted by Crippen LogP contribution is -2.45. The lowest BCUT2D eigenvalue weighted by molar-refractivity contribution is -0.138. The minimum absolute atomic E-state index is 0.141. The molecular weight excluding hydrogens is 449 g/mol. The molecule has 1 aromatic heterocycles. The van der Waals surface area contributed by atoms with Crippen LogP contribution in [0.1, 0.15) is 18.1 Å². The normalized spacial score (nSPS) is 15.8. The summed E-state index contributed by atoms with van der Waals surface area (Å²) in [5.74, 6) is -0.963. The van der Waals surface area contributed by atoms with Gasteiger partial charge in [0.2, 0.25) is 5.91 Å². The highest BCUT2D eigenvalue weighted by molar-refractivity contribution is 7.07. The first kappa shape index (κ1) is 23.7. The molecule has 1 aliphatic heterocycles. The van der Waals surface area contributed by atoms with E-state index in [-0.39, 0.29) is 28.3 Å². The predicted molar refractivity (Wildman–Crippen MR) is 111 cm³/mol. The van der Waals surface area contributed by atoms with Gasteiger partial charge in [-0.15, -0.1) is 11.3 Å². The van der Waals surface area contributed by atoms with Crippen LogP contribution in [0.2, 0.25) is 0 Å². The zero-order chi connectivity index (χ0) is 23.3. The van der Waals surface area contributed by atoms with Gasteiger partial charge in [0, 0.05) is 13.1 Å². The number of thiazole rings is 1. The van der Waals surface area contributed by atoms with Gasteiger partial charge in [-0.25, -0.2) is 4.79 Å². The van der Waals surface area contributed by atoms with Crippen molar-refractivity contribution in [1.82, 2.24) is 9.47 Å². The lowest BCUT2D eigenvalue weighted by atomic mass is 10.1. The summed E-state index contributed by atoms with van der Waals surface area (Å²) in [5.41, 5.74) is -0.941. The maximum atomic E-state index is 13.0. The second-order valence-corrected chi connectivity index (χ2v) is 7.91. The summed E-state index contributed by atoms with van der Waals surface area (Å²) in [7, 11) is 0. The van der Waals surface area contributed by atoms with Crippen molar-refractivity contribution in [1.29, 1.82) is 0 Å². The Morgan fingerprint density at radius 1 is 1.19 bits per heavy atom. The number of amides is 1. The summed E-state index contributed by atoms with van der Waals surface area (Å²) in [5, 5.41) is 0. The number of halogens is 3. The molecule has 1 fully saturated rings. The Bertz CT molecular complexity index is 1150. The molecule has 0 N–H and O–H groups in total. The third kappa shape index (κ3) is 5.86. The Kier molecular flexibility index (Phi) is 7.52. The first-order valence-corrected chi connectivity index (χ1v) is 10.6. The number of nitrogens with zero attached hydrogens (tertiary/aromatic N) is 2. The highest BCUT2D eigenvalue weighted by Crippen LogP contribution is 2.29. The average Bonchev–Trinajstić information content (AvgIpc) is 3.03. The fraction of sp³-hybridized carbons (Fsp3) is 0.381. The van der Waals surface area contributed by atoms with E-state index in [0.29, 0.717) is 31.9 Å². The first-order chi connectivity index (χ1) is 15.2. The number of alkyl halides is 3. The summed E-state index contributed by atoms with van der Waals surface area (Å²) in [4.78, 5) is 39.1. The van der Waals surface area contributed by atoms with Crippen LogP contribution < -0.4 is 14.8 Å². The Morgan fingerprint density at radius 3 is 2.44 bits per heavy atom. The van der Waals surface area contributed by atoms with Crippen molar-refractivity contribution >= 4 is 35.4 Å². The molecule has 1 saturated heterocycles. The van der Waals surface area contributed by atoms with Crippen LogP contribution in [-0.4, -0.2) is 54.3 Å². The molecule has 32 heavy (non-hydrogen) atoms. The van der Waals surface area contributed by atoms with Crippen LogP contribution in [0.5, 0.6) is 0 Å². The second kappa shape index (κ2) is 10.1. The van der Waals surface area contributed by atoms with Crippen molar-refractivity contribution in [3.05, 3.63) is 54.9 Å². The Hall–Kier alpha value is -2.92. The molecule has 0 spiro atoms. The van der Waals surface area contributed by atoms with Crippen molar-refractivity contribution in [2.75, 3.05) is 32.9 Å². The number of benzene rings is 1. The lowest BCUT2D eigenvalue weighted by Gasteiger charge is -2.26. The van der Waals surface area contributed by atoms with Crippen molar-refractivity contribution in [3.8, 4) is 0 Å². The molecular formula is C21H21F3N2O5S. The number of carbonyl (C=O) groups is 2. The van der Waals surface area contributed by atoms with E-state index in [2.05, 4.69) is 0 Å². The Labute approximate surface area is 185 Å². The molecule has 11 heteroatoms. The van der Waals surface area contributed by atoms with E-state index in [9.17, 15) is 27.6 Å². The van der Waals surface area contributed by atoms with Crippen molar-refractivity contribution in [3.63, 3.8) is 0 Å². The monoisotopic (exact) mass is 470 g/mol. The van der Waals surface area contributed by atoms with Gasteiger partial charge in [-0.2, -0.15) is 13.2 Å². The van der Waals surface area contributed by atoms with Gasteiger partial charge in [-0.1, -0.05) is 12.1 Å². The molecule has 1 aliphatic rings. The van der Waals surface area contributed by atoms with Gasteiger partial charge in [0.1, 0.15) is 11.2 Å². The summed E-state index contributed by atoms with van der Waals surface area (Å²) in [6.07, 6.45) is -1.91. The fourth-order valence-corrected chi connectivity index (χ4v) is 4.08. The van der Waals surface area contributed by atoms with Crippen LogP contribution in [0.4, 0.5) is 13.2 Å². The van der Waals surface area contributed by atoms with E-state index in [4.69, 9.17) is 9.47 Å². The predicted octanol–water partition coefficient (Wildman–Crippen LogP) is 0.960. The fourth-order valence-electron chi connectivity index (χ4n) is 3.05. The molecule has 1 amide bonds. The van der Waals surface area contributed by atoms with Crippen LogP contribution in [0, 0.1) is 0 Å². The SMILES string of the molecule is CCOC(=O)C=c1sc(=Cc2ccc(C(F)(F)F)cc2)c(=O)n1CC(=O)N1CCOCC1. The van der Waals surface area contributed by atoms with Crippen LogP contribution in [0.3, 0.4) is 0 Å². The highest BCUT2D eigenvalue weighted by Gasteiger charge is 2.29. The molecule has 0 unspecified atom stereocenters. The maximum Gasteiger partial charge on any atom is 0.416 e. The van der Waals surface area contributed by atoms with Crippen LogP contribution >= 0.6 is 11.3 Å². The third-order valence-electron chi connectivity index (χ3n) is 4.66. The Balaban J connectivity index is 2.00. The number of aromatic nitrogens is 1. The molecule has 2 heterocycles. The van der Waals surface area contributed by atoms with Gasteiger partial charge >= 0.3 is 12.1 Å². The molecule has 3 rings (SSSR count). The Morgan fingerprint density at radius 2 is 1.84 bits per heavy atom. The zero-order valence-electron chi connectivity index (χ0n) is 17.2. The van der Waals surface area contributed by atoms with Gasteiger partial charge in [-0.05, 0) is 30.7 Å². The molecule has 0 atom stereocenters. The number of ether oxygens (including phenoxy) is 2. The van der Waals surface area contributed by atoms with Crippen LogP contribution in [-0.2, 0) is 31.8 Å². The highest BCUT2D eigenvalue weighted by atomic mass is 32.1.